The number of nitrogens with two attached hydrogens (primary N) is 1. The van der Waals surface area contributed by atoms with Gasteiger partial charge in [0.05, 0.1) is 30.6 Å². The van der Waals surface area contributed by atoms with Crippen molar-refractivity contribution in [1.82, 2.24) is 15.3 Å². The van der Waals surface area contributed by atoms with E-state index in [2.05, 4.69) is 20.6 Å². The van der Waals surface area contributed by atoms with E-state index in [4.69, 9.17) is 15.2 Å². The Kier molecular flexibility index (Phi) is 12.0. The molecule has 0 spiro atoms. The molecule has 0 bridgehead atoms. The molecule has 64 heavy (non-hydrogen) atoms. The number of H-pyrrole nitrogens is 1. The third kappa shape index (κ3) is 7.46. The van der Waals surface area contributed by atoms with E-state index in [-0.39, 0.29) is 49.4 Å². The zero-order valence-electron chi connectivity index (χ0n) is 36.2. The highest BCUT2D eigenvalue weighted by Gasteiger charge is 2.80. The summed E-state index contributed by atoms with van der Waals surface area (Å²) in [5.74, 6) is -4.65. The van der Waals surface area contributed by atoms with E-state index in [0.29, 0.717) is 23.4 Å². The molecule has 16 heteroatoms. The van der Waals surface area contributed by atoms with Crippen LogP contribution in [0.25, 0.3) is 0 Å². The van der Waals surface area contributed by atoms with Gasteiger partial charge in [0.25, 0.3) is 0 Å². The second kappa shape index (κ2) is 16.9. The number of aliphatic hydroxyl groups excluding tert-OH is 2. The minimum atomic E-state index is -2.35. The quantitative estimate of drug-likeness (QED) is 0.134. The molecule has 1 aliphatic heterocycles. The Hall–Kier alpha value is -5.26. The first-order valence-corrected chi connectivity index (χ1v) is 21.8. The second-order valence-electron chi connectivity index (χ2n) is 18.8. The number of rotatable bonds is 14. The fourth-order valence-electron chi connectivity index (χ4n) is 11.5. The molecule has 1 aromatic heterocycles. The number of fused-ring (bicyclic) bond motifs is 7. The first-order valence-electron chi connectivity index (χ1n) is 21.8. The number of ketones is 3. The molecule has 2 heterocycles. The highest BCUT2D eigenvalue weighted by molar-refractivity contribution is 6.01. The molecule has 3 aromatic rings. The summed E-state index contributed by atoms with van der Waals surface area (Å²) in [6.07, 6.45) is 1.76. The number of carbonyl (C=O) groups excluding carboxylic acids is 5. The number of benzene rings is 2. The van der Waals surface area contributed by atoms with Crippen molar-refractivity contribution in [3.8, 4) is 0 Å². The first kappa shape index (κ1) is 45.3. The molecule has 5 aliphatic rings. The van der Waals surface area contributed by atoms with Crippen LogP contribution in [-0.4, -0.2) is 97.7 Å². The van der Waals surface area contributed by atoms with Crippen LogP contribution in [-0.2, 0) is 46.3 Å². The van der Waals surface area contributed by atoms with Crippen LogP contribution in [0.2, 0.25) is 0 Å². The van der Waals surface area contributed by atoms with Crippen LogP contribution in [0.1, 0.15) is 82.1 Å². The standard InChI is InChI=1S/C48H55F2N5O9/c1-25(14-38(58)26(2)54-43(62)37(51)17-31-22-52-24-53-31)42(61)55-30-7-5-6-28(16-30)15-27-8-10-29(11-9-27)44-63-41-20-33-34-19-36(49)35-18-32(57)12-13-45(35,3)47(34,50)39(59)21-46(33,4)48(41,64-44)40(60)23-56/h5-13,16,18,22,24-26,33-34,36-37,39,41,44,56,59H,14-15,17,19-21,23,51H2,1-4H3,(H,52,53)(H,54,62)(H,55,61)/t25-,26+,33+,34+,36+,37+,39+,41-,44-,45+,46+,47+,48-/m1/s1. The number of nitrogens with zero attached hydrogens (tertiary/aromatic N) is 1. The van der Waals surface area contributed by atoms with Crippen LogP contribution in [0, 0.1) is 28.6 Å². The molecule has 8 rings (SSSR count). The number of alkyl halides is 2. The minimum Gasteiger partial charge on any atom is -0.390 e. The van der Waals surface area contributed by atoms with E-state index in [0.717, 1.165) is 17.2 Å². The molecule has 0 radical (unpaired) electrons. The molecule has 4 fully saturated rings. The Morgan fingerprint density at radius 3 is 2.50 bits per heavy atom. The van der Waals surface area contributed by atoms with E-state index >= 15 is 8.78 Å². The molecule has 2 amide bonds. The van der Waals surface area contributed by atoms with Crippen molar-refractivity contribution in [1.29, 1.82) is 0 Å². The molecule has 14 nitrogen and oxygen atoms in total. The molecule has 2 aromatic carbocycles. The topological polar surface area (TPSA) is 223 Å². The van der Waals surface area contributed by atoms with Gasteiger partial charge >= 0.3 is 0 Å². The Morgan fingerprint density at radius 2 is 1.80 bits per heavy atom. The molecule has 340 valence electrons. The largest absolute Gasteiger partial charge is 0.390 e. The fraction of sp³-hybridized carbons (Fsp3) is 0.500. The number of imidazole rings is 1. The average Bonchev–Trinajstić information content (AvgIpc) is 3.98. The smallest absolute Gasteiger partial charge is 0.237 e. The number of allylic oxidation sites excluding steroid dienone is 4. The molecule has 0 unspecified atom stereocenters. The fourth-order valence-corrected chi connectivity index (χ4v) is 11.5. The van der Waals surface area contributed by atoms with Crippen LogP contribution in [0.4, 0.5) is 14.5 Å². The van der Waals surface area contributed by atoms with Crippen LogP contribution in [0.5, 0.6) is 0 Å². The maximum absolute atomic E-state index is 17.7. The lowest BCUT2D eigenvalue weighted by Crippen LogP contribution is -2.70. The van der Waals surface area contributed by atoms with Crippen molar-refractivity contribution in [2.24, 2.45) is 34.3 Å². The average molecular weight is 884 g/mol. The Bertz CT molecular complexity index is 2390. The molecule has 3 saturated carbocycles. The third-order valence-electron chi connectivity index (χ3n) is 14.9. The summed E-state index contributed by atoms with van der Waals surface area (Å²) >= 11 is 0. The molecular weight excluding hydrogens is 829 g/mol. The van der Waals surface area contributed by atoms with Gasteiger partial charge in [-0.1, -0.05) is 56.3 Å². The predicted molar refractivity (Wildman–Crippen MR) is 229 cm³/mol. The van der Waals surface area contributed by atoms with Crippen molar-refractivity contribution in [3.63, 3.8) is 0 Å². The molecule has 4 aliphatic carbocycles. The second-order valence-corrected chi connectivity index (χ2v) is 18.8. The van der Waals surface area contributed by atoms with E-state index in [1.165, 1.54) is 25.4 Å². The van der Waals surface area contributed by atoms with Gasteiger partial charge in [-0.3, -0.25) is 24.0 Å². The maximum atomic E-state index is 17.7. The van der Waals surface area contributed by atoms with Crippen molar-refractivity contribution in [2.75, 3.05) is 11.9 Å². The SMILES string of the molecule is C[C@H](CC(=O)[C@H](C)NC(=O)[C@@H](N)Cc1cnc[nH]1)C(=O)Nc1cccc(Cc2ccc([C@@H]3O[C@@H]4C[C@H]5[C@@H]6C[C@H](F)C7=CC(=O)C=C[C@]7(C)[C@@]6(F)[C@@H](O)C[C@]5(C)[C@]4(C(=O)CO)O3)cc2)c1. The molecule has 7 N–H and O–H groups in total. The number of hydrogen-bond donors (Lipinski definition) is 6. The van der Waals surface area contributed by atoms with E-state index in [9.17, 15) is 34.2 Å². The summed E-state index contributed by atoms with van der Waals surface area (Å²) < 4.78 is 46.8. The van der Waals surface area contributed by atoms with Gasteiger partial charge in [0.1, 0.15) is 12.8 Å². The summed E-state index contributed by atoms with van der Waals surface area (Å²) in [5, 5.41) is 27.6. The Labute approximate surface area is 369 Å². The summed E-state index contributed by atoms with van der Waals surface area (Å²) in [4.78, 5) is 71.6. The number of nitrogens with one attached hydrogen (secondary N) is 3. The monoisotopic (exact) mass is 883 g/mol. The number of halogens is 2. The van der Waals surface area contributed by atoms with Crippen LogP contribution >= 0.6 is 0 Å². The molecule has 1 saturated heterocycles. The minimum absolute atomic E-state index is 0.00600. The van der Waals surface area contributed by atoms with Gasteiger partial charge in [-0.2, -0.15) is 0 Å². The lowest BCUT2D eigenvalue weighted by molar-refractivity contribution is -0.235. The van der Waals surface area contributed by atoms with E-state index in [1.807, 2.05) is 30.3 Å². The van der Waals surface area contributed by atoms with Gasteiger partial charge < -0.3 is 41.0 Å². The first-order chi connectivity index (χ1) is 30.3. The van der Waals surface area contributed by atoms with E-state index < -0.39 is 101 Å². The zero-order chi connectivity index (χ0) is 45.9. The Balaban J connectivity index is 0.900. The van der Waals surface area contributed by atoms with Gasteiger partial charge in [0, 0.05) is 58.6 Å². The highest BCUT2D eigenvalue weighted by atomic mass is 19.1. The lowest BCUT2D eigenvalue weighted by Gasteiger charge is -2.63. The van der Waals surface area contributed by atoms with Crippen LogP contribution in [0.15, 0.2) is 84.9 Å². The van der Waals surface area contributed by atoms with Gasteiger partial charge in [-0.25, -0.2) is 13.8 Å². The number of carbonyl (C=O) groups is 5. The summed E-state index contributed by atoms with van der Waals surface area (Å²) in [7, 11) is 0. The van der Waals surface area contributed by atoms with Gasteiger partial charge in [-0.05, 0) is 86.4 Å². The number of hydrogen-bond acceptors (Lipinski definition) is 11. The molecular formula is C48H55F2N5O9. The number of amides is 2. The van der Waals surface area contributed by atoms with Gasteiger partial charge in [-0.15, -0.1) is 0 Å². The number of anilines is 1. The van der Waals surface area contributed by atoms with Crippen molar-refractivity contribution >= 4 is 34.9 Å². The third-order valence-corrected chi connectivity index (χ3v) is 14.9. The number of aromatic amines is 1. The predicted octanol–water partition coefficient (Wildman–Crippen LogP) is 4.25. The van der Waals surface area contributed by atoms with E-state index in [1.54, 1.807) is 45.2 Å². The lowest BCUT2D eigenvalue weighted by atomic mass is 9.44. The van der Waals surface area contributed by atoms with Crippen molar-refractivity contribution < 1.29 is 52.4 Å². The Morgan fingerprint density at radius 1 is 1.05 bits per heavy atom. The summed E-state index contributed by atoms with van der Waals surface area (Å²) in [6, 6.07) is 12.9. The van der Waals surface area contributed by atoms with Crippen molar-refractivity contribution in [2.45, 2.75) is 114 Å². The zero-order valence-corrected chi connectivity index (χ0v) is 36.2. The maximum Gasteiger partial charge on any atom is 0.237 e. The van der Waals surface area contributed by atoms with Crippen LogP contribution < -0.4 is 16.4 Å². The number of aliphatic hydroxyl groups is 2. The molecule has 13 atom stereocenters. The van der Waals surface area contributed by atoms with Crippen molar-refractivity contribution in [3.05, 3.63) is 107 Å². The number of Topliss-reactive ketones (excluding diaryl/α,β-unsaturated/α-hetero) is 2. The normalized spacial score (nSPS) is 34.0. The summed E-state index contributed by atoms with van der Waals surface area (Å²) in [5.41, 5.74) is 2.69. The number of aromatic nitrogens is 2. The van der Waals surface area contributed by atoms with Gasteiger partial charge in [0.15, 0.2) is 34.9 Å². The summed E-state index contributed by atoms with van der Waals surface area (Å²) in [6.45, 7) is 5.57. The van der Waals surface area contributed by atoms with Gasteiger partial charge in [0.2, 0.25) is 11.8 Å². The number of ether oxygens (including phenoxy) is 2. The van der Waals surface area contributed by atoms with Crippen LogP contribution in [0.3, 0.4) is 0 Å². The highest BCUT2D eigenvalue weighted by Crippen LogP contribution is 2.72.